The van der Waals surface area contributed by atoms with E-state index in [1.165, 1.54) is 10.5 Å². The Morgan fingerprint density at radius 2 is 1.68 bits per heavy atom. The lowest BCUT2D eigenvalue weighted by Crippen LogP contribution is -2.49. The number of nitrogens with zero attached hydrogens (tertiary/aromatic N) is 5. The summed E-state index contributed by atoms with van der Waals surface area (Å²) in [4.78, 5) is 65.5. The predicted octanol–water partition coefficient (Wildman–Crippen LogP) is 8.17. The minimum Gasteiger partial charge on any atom is -0.508 e. The Morgan fingerprint density at radius 1 is 0.915 bits per heavy atom. The molecule has 3 aromatic carbocycles. The average molecular weight is 828 g/mol. The average Bonchev–Trinajstić information content (AvgIpc) is 3.90. The highest BCUT2D eigenvalue weighted by atomic mass is 35.5. The number of carbonyl (C=O) groups is 4. The van der Waals surface area contributed by atoms with E-state index >= 15 is 9.59 Å². The van der Waals surface area contributed by atoms with Gasteiger partial charge in [0.05, 0.1) is 28.0 Å². The molecule has 0 unspecified atom stereocenters. The molecule has 3 aliphatic heterocycles. The van der Waals surface area contributed by atoms with E-state index in [4.69, 9.17) is 16.7 Å². The van der Waals surface area contributed by atoms with Crippen molar-refractivity contribution in [3.63, 3.8) is 0 Å². The van der Waals surface area contributed by atoms with Crippen LogP contribution in [0.15, 0.2) is 84.4 Å². The molecule has 2 aromatic heterocycles. The number of likely N-dealkylation sites (tertiary alicyclic amines) is 2. The number of amides is 4. The second-order valence-electron chi connectivity index (χ2n) is 17.5. The Bertz CT molecular complexity index is 2630. The van der Waals surface area contributed by atoms with Crippen molar-refractivity contribution in [2.45, 2.75) is 65.0 Å². The van der Waals surface area contributed by atoms with Crippen molar-refractivity contribution >= 4 is 62.5 Å². The van der Waals surface area contributed by atoms with E-state index in [9.17, 15) is 14.7 Å². The maximum atomic E-state index is 15.2. The highest BCUT2D eigenvalue weighted by molar-refractivity contribution is 7.22. The van der Waals surface area contributed by atoms with Gasteiger partial charge < -0.3 is 5.11 Å². The first-order valence-electron chi connectivity index (χ1n) is 20.6. The van der Waals surface area contributed by atoms with E-state index in [0.29, 0.717) is 41.4 Å². The van der Waals surface area contributed by atoms with E-state index in [0.717, 1.165) is 51.3 Å². The van der Waals surface area contributed by atoms with E-state index in [1.807, 2.05) is 75.4 Å². The molecular weight excluding hydrogens is 782 g/mol. The largest absolute Gasteiger partial charge is 0.508 e. The third kappa shape index (κ3) is 5.79. The standard InChI is InChI=1S/C47H46ClN5O5S/c1-25-20-28(10-14-37(25)54)41-31-12-13-32-40(45(57)52(43(32)55)30-16-18-51(19-17-30)24-27-8-6-5-7-9-27)34(31)22-35-44(56)53(46(58)47(35,41)3)39-23-36(49-50(39)4)42-26(2)33-21-29(48)11-15-38(33)59-42/h5-12,14-15,20-21,23,30,32,34-35,40-41,54H,13,16-19,22,24H2,1-4H3/t32-,34+,35-,40-,41-,47+/m0/s1. The van der Waals surface area contributed by atoms with Gasteiger partial charge in [-0.25, -0.2) is 4.90 Å². The number of anilines is 1. The van der Waals surface area contributed by atoms with Crippen LogP contribution in [0, 0.1) is 42.9 Å². The number of carbonyl (C=O) groups excluding carboxylic acids is 4. The topological polar surface area (TPSA) is 116 Å². The highest BCUT2D eigenvalue weighted by Crippen LogP contribution is 2.64. The summed E-state index contributed by atoms with van der Waals surface area (Å²) in [5.41, 5.74) is 4.10. The lowest BCUT2D eigenvalue weighted by atomic mass is 9.51. The predicted molar refractivity (Wildman–Crippen MR) is 228 cm³/mol. The third-order valence-corrected chi connectivity index (χ3v) is 15.8. The number of benzene rings is 3. The zero-order valence-corrected chi connectivity index (χ0v) is 35.1. The number of phenolic OH excluding ortho intramolecular Hbond substituents is 1. The number of hydrogen-bond acceptors (Lipinski definition) is 8. The lowest BCUT2D eigenvalue weighted by Gasteiger charge is -2.49. The molecule has 1 saturated carbocycles. The third-order valence-electron chi connectivity index (χ3n) is 14.2. The zero-order valence-electron chi connectivity index (χ0n) is 33.5. The number of rotatable bonds is 6. The second kappa shape index (κ2) is 14.0. The molecule has 3 saturated heterocycles. The quantitative estimate of drug-likeness (QED) is 0.136. The van der Waals surface area contributed by atoms with Crippen molar-refractivity contribution in [1.82, 2.24) is 19.6 Å². The van der Waals surface area contributed by atoms with Crippen LogP contribution in [0.1, 0.15) is 60.8 Å². The van der Waals surface area contributed by atoms with Gasteiger partial charge in [-0.3, -0.25) is 33.7 Å². The summed E-state index contributed by atoms with van der Waals surface area (Å²) in [6, 6.07) is 23.2. The molecule has 10 rings (SSSR count). The number of phenols is 1. The first-order valence-corrected chi connectivity index (χ1v) is 21.8. The van der Waals surface area contributed by atoms with E-state index in [2.05, 4.69) is 23.1 Å². The summed E-state index contributed by atoms with van der Waals surface area (Å²) in [5, 5.41) is 17.1. The number of imide groups is 2. The molecule has 12 heteroatoms. The Morgan fingerprint density at radius 3 is 2.42 bits per heavy atom. The number of aromatic nitrogens is 2. The maximum absolute atomic E-state index is 15.2. The van der Waals surface area contributed by atoms with Crippen LogP contribution in [0.4, 0.5) is 5.82 Å². The maximum Gasteiger partial charge on any atom is 0.242 e. The van der Waals surface area contributed by atoms with E-state index in [-0.39, 0.29) is 41.8 Å². The summed E-state index contributed by atoms with van der Waals surface area (Å²) in [7, 11) is 1.75. The van der Waals surface area contributed by atoms with Gasteiger partial charge in [-0.1, -0.05) is 65.7 Å². The molecule has 0 radical (unpaired) electrons. The Balaban J connectivity index is 0.992. The summed E-state index contributed by atoms with van der Waals surface area (Å²) in [5.74, 6) is -3.24. The number of fused-ring (bicyclic) bond motifs is 5. The number of halogens is 1. The smallest absolute Gasteiger partial charge is 0.242 e. The fourth-order valence-corrected chi connectivity index (χ4v) is 12.6. The molecule has 59 heavy (non-hydrogen) atoms. The van der Waals surface area contributed by atoms with E-state index in [1.54, 1.807) is 34.0 Å². The molecule has 4 fully saturated rings. The van der Waals surface area contributed by atoms with Gasteiger partial charge in [0.1, 0.15) is 17.3 Å². The Kier molecular flexibility index (Phi) is 9.04. The normalized spacial score (nSPS) is 27.4. The minimum atomic E-state index is -1.21. The van der Waals surface area contributed by atoms with Crippen LogP contribution in [0.5, 0.6) is 5.75 Å². The first-order chi connectivity index (χ1) is 28.3. The molecule has 4 amide bonds. The van der Waals surface area contributed by atoms with Crippen molar-refractivity contribution in [3.05, 3.63) is 112 Å². The van der Waals surface area contributed by atoms with Crippen molar-refractivity contribution in [3.8, 4) is 16.3 Å². The molecule has 5 heterocycles. The molecule has 302 valence electrons. The van der Waals surface area contributed by atoms with Gasteiger partial charge in [0, 0.05) is 54.4 Å². The number of thiophene rings is 1. The number of piperidine rings is 1. The number of hydrogen-bond donors (Lipinski definition) is 1. The Labute approximate surface area is 352 Å². The molecular formula is C47H46ClN5O5S. The summed E-state index contributed by atoms with van der Waals surface area (Å²) in [6.07, 6.45) is 4.20. The lowest BCUT2D eigenvalue weighted by molar-refractivity contribution is -0.144. The fraction of sp³-hybridized carbons (Fsp3) is 0.383. The van der Waals surface area contributed by atoms with Gasteiger partial charge in [-0.05, 0) is 104 Å². The molecule has 2 aliphatic carbocycles. The van der Waals surface area contributed by atoms with Crippen LogP contribution in [0.3, 0.4) is 0 Å². The summed E-state index contributed by atoms with van der Waals surface area (Å²) >= 11 is 7.93. The monoisotopic (exact) mass is 827 g/mol. The molecule has 1 N–H and O–H groups in total. The van der Waals surface area contributed by atoms with Gasteiger partial charge in [-0.15, -0.1) is 11.3 Å². The van der Waals surface area contributed by atoms with Crippen LogP contribution >= 0.6 is 22.9 Å². The molecule has 5 aromatic rings. The summed E-state index contributed by atoms with van der Waals surface area (Å²) < 4.78 is 2.67. The molecule has 5 aliphatic rings. The zero-order chi connectivity index (χ0) is 41.1. The second-order valence-corrected chi connectivity index (χ2v) is 18.9. The molecule has 6 atom stereocenters. The highest BCUT2D eigenvalue weighted by Gasteiger charge is 2.68. The van der Waals surface area contributed by atoms with Crippen LogP contribution in [0.2, 0.25) is 5.02 Å². The van der Waals surface area contributed by atoms with Crippen molar-refractivity contribution < 1.29 is 24.3 Å². The van der Waals surface area contributed by atoms with Crippen LogP contribution in [-0.4, -0.2) is 67.4 Å². The van der Waals surface area contributed by atoms with Crippen molar-refractivity contribution in [2.75, 3.05) is 18.0 Å². The van der Waals surface area contributed by atoms with Crippen LogP contribution in [-0.2, 0) is 32.8 Å². The van der Waals surface area contributed by atoms with Crippen LogP contribution in [0.25, 0.3) is 20.7 Å². The van der Waals surface area contributed by atoms with Gasteiger partial charge in [0.25, 0.3) is 0 Å². The van der Waals surface area contributed by atoms with Crippen molar-refractivity contribution in [2.24, 2.45) is 36.1 Å². The van der Waals surface area contributed by atoms with Crippen molar-refractivity contribution in [1.29, 1.82) is 0 Å². The van der Waals surface area contributed by atoms with Gasteiger partial charge >= 0.3 is 0 Å². The first kappa shape index (κ1) is 38.1. The van der Waals surface area contributed by atoms with Gasteiger partial charge in [-0.2, -0.15) is 5.10 Å². The number of allylic oxidation sites excluding steroid dienone is 2. The minimum absolute atomic E-state index is 0.112. The SMILES string of the molecule is Cc1cc([C@H]2C3=CC[C@@H]4C(=O)N(C5CCN(Cc6ccccc6)CC5)C(=O)[C@@H]4[C@@H]3C[C@H]3C(=O)N(c4cc(-c5sc6ccc(Cl)cc6c5C)nn4C)C(=O)[C@@]23C)ccc1O. The van der Waals surface area contributed by atoms with Crippen LogP contribution < -0.4 is 4.90 Å². The molecule has 0 spiro atoms. The van der Waals surface area contributed by atoms with Gasteiger partial charge in [0.15, 0.2) is 0 Å². The van der Waals surface area contributed by atoms with E-state index < -0.39 is 35.0 Å². The van der Waals surface area contributed by atoms with Gasteiger partial charge in [0.2, 0.25) is 23.6 Å². The fourth-order valence-electron chi connectivity index (χ4n) is 11.2. The molecule has 10 nitrogen and oxygen atoms in total. The Hall–Kier alpha value is -5.10. The number of aromatic hydroxyl groups is 1. The molecule has 0 bridgehead atoms. The summed E-state index contributed by atoms with van der Waals surface area (Å²) in [6.45, 7) is 8.15. The number of aryl methyl sites for hydroxylation is 3.